The van der Waals surface area contributed by atoms with Gasteiger partial charge in [-0.1, -0.05) is 49.4 Å². The average Bonchev–Trinajstić information content (AvgIpc) is 2.67. The van der Waals surface area contributed by atoms with Crippen LogP contribution >= 0.6 is 0 Å². The molecule has 0 saturated heterocycles. The van der Waals surface area contributed by atoms with Crippen LogP contribution in [-0.4, -0.2) is 32.7 Å². The van der Waals surface area contributed by atoms with E-state index in [1.54, 1.807) is 31.2 Å². The summed E-state index contributed by atoms with van der Waals surface area (Å²) in [4.78, 5) is 12.8. The predicted molar refractivity (Wildman–Crippen MR) is 106 cm³/mol. The molecule has 1 amide bonds. The van der Waals surface area contributed by atoms with Gasteiger partial charge in [0.2, 0.25) is 15.9 Å². The Labute approximate surface area is 161 Å². The highest BCUT2D eigenvalue weighted by Crippen LogP contribution is 2.22. The Kier molecular flexibility index (Phi) is 6.75. The van der Waals surface area contributed by atoms with E-state index in [4.69, 9.17) is 5.73 Å². The zero-order valence-corrected chi connectivity index (χ0v) is 16.9. The molecule has 146 valence electrons. The molecular weight excluding hydrogens is 362 g/mol. The van der Waals surface area contributed by atoms with Gasteiger partial charge in [-0.2, -0.15) is 0 Å². The summed E-state index contributed by atoms with van der Waals surface area (Å²) in [5.74, 6) is -0.549. The molecule has 2 aromatic rings. The fourth-order valence-corrected chi connectivity index (χ4v) is 3.60. The molecular formula is C20H27N3O3S. The molecule has 0 aliphatic rings. The van der Waals surface area contributed by atoms with Crippen LogP contribution in [0.5, 0.6) is 0 Å². The van der Waals surface area contributed by atoms with E-state index in [2.05, 4.69) is 5.32 Å². The third-order valence-corrected chi connectivity index (χ3v) is 6.48. The Morgan fingerprint density at radius 3 is 2.04 bits per heavy atom. The molecule has 0 aliphatic carbocycles. The number of carbonyl (C=O) groups is 1. The van der Waals surface area contributed by atoms with Crippen LogP contribution in [0.15, 0.2) is 59.5 Å². The molecule has 2 aromatic carbocycles. The molecule has 0 heterocycles. The van der Waals surface area contributed by atoms with E-state index >= 15 is 0 Å². The van der Waals surface area contributed by atoms with Crippen LogP contribution in [0.25, 0.3) is 0 Å². The highest BCUT2D eigenvalue weighted by Gasteiger charge is 2.24. The van der Waals surface area contributed by atoms with Gasteiger partial charge in [-0.3, -0.25) is 4.79 Å². The highest BCUT2D eigenvalue weighted by atomic mass is 32.2. The zero-order chi connectivity index (χ0) is 20.2. The van der Waals surface area contributed by atoms with Gasteiger partial charge in [0.1, 0.15) is 0 Å². The van der Waals surface area contributed by atoms with E-state index in [0.29, 0.717) is 0 Å². The van der Waals surface area contributed by atoms with Gasteiger partial charge in [-0.25, -0.2) is 12.7 Å². The van der Waals surface area contributed by atoms with Crippen LogP contribution in [0.1, 0.15) is 37.1 Å². The van der Waals surface area contributed by atoms with E-state index in [0.717, 1.165) is 11.1 Å². The number of nitrogens with zero attached hydrogens (tertiary/aromatic N) is 1. The quantitative estimate of drug-likeness (QED) is 0.761. The SMILES string of the molecule is CC(NC(=O)C(C)C(N)c1ccccc1)c1ccc(S(=O)(=O)N(C)C)cc1. The summed E-state index contributed by atoms with van der Waals surface area (Å²) < 4.78 is 25.4. The standard InChI is InChI=1S/C20H27N3O3S/c1-14(19(21)17-8-6-5-7-9-17)20(24)22-15(2)16-10-12-18(13-11-16)27(25,26)23(3)4/h5-15,19H,21H2,1-4H3,(H,22,24). The topological polar surface area (TPSA) is 92.5 Å². The van der Waals surface area contributed by atoms with Gasteiger partial charge in [0.25, 0.3) is 0 Å². The molecule has 0 spiro atoms. The van der Waals surface area contributed by atoms with Crippen LogP contribution < -0.4 is 11.1 Å². The zero-order valence-electron chi connectivity index (χ0n) is 16.1. The highest BCUT2D eigenvalue weighted by molar-refractivity contribution is 7.89. The maximum absolute atomic E-state index is 12.6. The smallest absolute Gasteiger partial charge is 0.242 e. The fourth-order valence-electron chi connectivity index (χ4n) is 2.69. The lowest BCUT2D eigenvalue weighted by Gasteiger charge is -2.23. The summed E-state index contributed by atoms with van der Waals surface area (Å²) in [6.45, 7) is 3.65. The predicted octanol–water partition coefficient (Wildman–Crippen LogP) is 2.45. The molecule has 7 heteroatoms. The van der Waals surface area contributed by atoms with Gasteiger partial charge in [-0.15, -0.1) is 0 Å². The number of benzene rings is 2. The largest absolute Gasteiger partial charge is 0.349 e. The van der Waals surface area contributed by atoms with Crippen LogP contribution in [0.2, 0.25) is 0 Å². The van der Waals surface area contributed by atoms with E-state index in [1.165, 1.54) is 18.4 Å². The molecule has 3 N–H and O–H groups in total. The first-order valence-corrected chi connectivity index (χ1v) is 10.2. The number of amides is 1. The molecule has 0 aromatic heterocycles. The first-order valence-electron chi connectivity index (χ1n) is 8.78. The van der Waals surface area contributed by atoms with Crippen LogP contribution in [0, 0.1) is 5.92 Å². The number of carbonyl (C=O) groups excluding carboxylic acids is 1. The second-order valence-electron chi connectivity index (χ2n) is 6.81. The molecule has 0 fully saturated rings. The Morgan fingerprint density at radius 1 is 0.963 bits per heavy atom. The Balaban J connectivity index is 2.06. The number of hydrogen-bond donors (Lipinski definition) is 2. The van der Waals surface area contributed by atoms with Crippen molar-refractivity contribution in [1.82, 2.24) is 9.62 Å². The van der Waals surface area contributed by atoms with Gasteiger partial charge in [0.15, 0.2) is 0 Å². The molecule has 3 atom stereocenters. The number of nitrogens with one attached hydrogen (secondary N) is 1. The molecule has 0 aliphatic heterocycles. The van der Waals surface area contributed by atoms with Crippen LogP contribution in [-0.2, 0) is 14.8 Å². The molecule has 2 rings (SSSR count). The maximum atomic E-state index is 12.6. The Morgan fingerprint density at radius 2 is 1.52 bits per heavy atom. The van der Waals surface area contributed by atoms with E-state index in [9.17, 15) is 13.2 Å². The van der Waals surface area contributed by atoms with Gasteiger partial charge in [0, 0.05) is 20.1 Å². The van der Waals surface area contributed by atoms with Crippen molar-refractivity contribution in [3.05, 3.63) is 65.7 Å². The van der Waals surface area contributed by atoms with Crippen LogP contribution in [0.4, 0.5) is 0 Å². The minimum atomic E-state index is -3.47. The van der Waals surface area contributed by atoms with Crippen molar-refractivity contribution in [2.24, 2.45) is 11.7 Å². The van der Waals surface area contributed by atoms with Crippen LogP contribution in [0.3, 0.4) is 0 Å². The van der Waals surface area contributed by atoms with Crippen molar-refractivity contribution in [3.63, 3.8) is 0 Å². The summed E-state index contributed by atoms with van der Waals surface area (Å²) >= 11 is 0. The minimum Gasteiger partial charge on any atom is -0.349 e. The Bertz CT molecular complexity index is 865. The first-order chi connectivity index (χ1) is 12.6. The first kappa shape index (κ1) is 21.1. The molecule has 0 radical (unpaired) electrons. The maximum Gasteiger partial charge on any atom is 0.242 e. The van der Waals surface area contributed by atoms with Gasteiger partial charge < -0.3 is 11.1 Å². The lowest BCUT2D eigenvalue weighted by atomic mass is 9.94. The Hall–Kier alpha value is -2.22. The second kappa shape index (κ2) is 8.65. The van der Waals surface area contributed by atoms with Crippen molar-refractivity contribution < 1.29 is 13.2 Å². The number of sulfonamides is 1. The lowest BCUT2D eigenvalue weighted by molar-refractivity contribution is -0.125. The summed E-state index contributed by atoms with van der Waals surface area (Å²) in [6.07, 6.45) is 0. The fraction of sp³-hybridized carbons (Fsp3) is 0.350. The lowest BCUT2D eigenvalue weighted by Crippen LogP contribution is -2.36. The van der Waals surface area contributed by atoms with E-state index in [-0.39, 0.29) is 16.8 Å². The summed E-state index contributed by atoms with van der Waals surface area (Å²) in [7, 11) is -0.489. The molecule has 0 saturated carbocycles. The van der Waals surface area contributed by atoms with E-state index in [1.807, 2.05) is 37.3 Å². The third-order valence-electron chi connectivity index (χ3n) is 4.65. The molecule has 6 nitrogen and oxygen atoms in total. The van der Waals surface area contributed by atoms with Crippen molar-refractivity contribution in [3.8, 4) is 0 Å². The summed E-state index contributed by atoms with van der Waals surface area (Å²) in [6, 6.07) is 15.4. The van der Waals surface area contributed by atoms with Gasteiger partial charge in [-0.05, 0) is 30.2 Å². The molecule has 0 bridgehead atoms. The van der Waals surface area contributed by atoms with Crippen molar-refractivity contribution in [2.45, 2.75) is 30.8 Å². The normalized spacial score (nSPS) is 15.2. The summed E-state index contributed by atoms with van der Waals surface area (Å²) in [5.41, 5.74) is 7.95. The molecule has 3 unspecified atom stereocenters. The molecule has 27 heavy (non-hydrogen) atoms. The van der Waals surface area contributed by atoms with Crippen molar-refractivity contribution in [2.75, 3.05) is 14.1 Å². The third kappa shape index (κ3) is 4.94. The monoisotopic (exact) mass is 389 g/mol. The minimum absolute atomic E-state index is 0.149. The van der Waals surface area contributed by atoms with Gasteiger partial charge in [0.05, 0.1) is 16.9 Å². The van der Waals surface area contributed by atoms with E-state index < -0.39 is 22.0 Å². The number of nitrogens with two attached hydrogens (primary N) is 1. The average molecular weight is 390 g/mol. The van der Waals surface area contributed by atoms with Crippen molar-refractivity contribution in [1.29, 1.82) is 0 Å². The summed E-state index contributed by atoms with van der Waals surface area (Å²) in [5, 5.41) is 2.95. The second-order valence-corrected chi connectivity index (χ2v) is 8.96. The number of rotatable bonds is 7. The van der Waals surface area contributed by atoms with Crippen molar-refractivity contribution >= 4 is 15.9 Å². The van der Waals surface area contributed by atoms with Gasteiger partial charge >= 0.3 is 0 Å². The number of hydrogen-bond acceptors (Lipinski definition) is 4.